The molecule has 2 N–H and O–H groups in total. The molecule has 92 valence electrons. The van der Waals surface area contributed by atoms with Gasteiger partial charge in [0.2, 0.25) is 0 Å². The zero-order valence-electron chi connectivity index (χ0n) is 10.5. The summed E-state index contributed by atoms with van der Waals surface area (Å²) in [6.07, 6.45) is 1.35. The first-order chi connectivity index (χ1) is 8.02. The molecule has 0 saturated carbocycles. The van der Waals surface area contributed by atoms with Gasteiger partial charge in [-0.1, -0.05) is 6.07 Å². The first-order valence-electron chi connectivity index (χ1n) is 5.43. The summed E-state index contributed by atoms with van der Waals surface area (Å²) in [5.74, 6) is 1.40. The molecule has 0 amide bonds. The Hall–Kier alpha value is -1.73. The largest absolute Gasteiger partial charge is 0.493 e. The maximum atomic E-state index is 8.84. The number of hydrogen-bond donors (Lipinski definition) is 1. The van der Waals surface area contributed by atoms with Crippen molar-refractivity contribution in [3.8, 4) is 17.6 Å². The van der Waals surface area contributed by atoms with Crippen LogP contribution in [0.5, 0.6) is 11.5 Å². The first kappa shape index (κ1) is 13.3. The van der Waals surface area contributed by atoms with Crippen molar-refractivity contribution in [2.45, 2.75) is 25.3 Å². The minimum absolute atomic E-state index is 0.610. The van der Waals surface area contributed by atoms with Gasteiger partial charge in [-0.2, -0.15) is 5.26 Å². The van der Waals surface area contributed by atoms with Gasteiger partial charge in [-0.15, -0.1) is 0 Å². The van der Waals surface area contributed by atoms with Crippen LogP contribution >= 0.6 is 0 Å². The molecular formula is C13H18N2O2. The minimum Gasteiger partial charge on any atom is -0.493 e. The zero-order valence-corrected chi connectivity index (χ0v) is 10.5. The highest BCUT2D eigenvalue weighted by atomic mass is 16.5. The van der Waals surface area contributed by atoms with Crippen LogP contribution in [0.3, 0.4) is 0 Å². The summed E-state index contributed by atoms with van der Waals surface area (Å²) in [7, 11) is 3.20. The van der Waals surface area contributed by atoms with Gasteiger partial charge in [0.05, 0.1) is 20.3 Å². The molecule has 0 aromatic heterocycles. The third-order valence-corrected chi connectivity index (χ3v) is 2.64. The molecule has 17 heavy (non-hydrogen) atoms. The lowest BCUT2D eigenvalue weighted by Crippen LogP contribution is -2.34. The maximum Gasteiger partial charge on any atom is 0.160 e. The smallest absolute Gasteiger partial charge is 0.160 e. The summed E-state index contributed by atoms with van der Waals surface area (Å²) in [5.41, 5.74) is 6.07. The Bertz CT molecular complexity index is 422. The highest BCUT2D eigenvalue weighted by Crippen LogP contribution is 2.28. The third kappa shape index (κ3) is 3.65. The molecule has 1 aromatic rings. The summed E-state index contributed by atoms with van der Waals surface area (Å²) in [5, 5.41) is 8.84. The molecule has 1 rings (SSSR count). The maximum absolute atomic E-state index is 8.84. The number of nitrogens with zero attached hydrogens (tertiary/aromatic N) is 1. The molecular weight excluding hydrogens is 216 g/mol. The fourth-order valence-electron chi connectivity index (χ4n) is 1.50. The number of ether oxygens (including phenoxy) is 2. The van der Waals surface area contributed by atoms with Crippen LogP contribution in [0.1, 0.15) is 18.9 Å². The van der Waals surface area contributed by atoms with Crippen LogP contribution in [0.15, 0.2) is 18.2 Å². The molecule has 0 saturated heterocycles. The van der Waals surface area contributed by atoms with Gasteiger partial charge in [0, 0.05) is 0 Å². The molecule has 1 aromatic carbocycles. The number of benzene rings is 1. The molecule has 1 unspecified atom stereocenters. The Morgan fingerprint density at radius 3 is 2.47 bits per heavy atom. The minimum atomic E-state index is -0.785. The van der Waals surface area contributed by atoms with E-state index in [1.54, 1.807) is 21.1 Å². The molecule has 0 radical (unpaired) electrons. The SMILES string of the molecule is COc1ccc(CCC(C)(N)C#N)cc1OC. The van der Waals surface area contributed by atoms with Crippen LogP contribution in [-0.4, -0.2) is 19.8 Å². The van der Waals surface area contributed by atoms with E-state index in [4.69, 9.17) is 20.5 Å². The molecule has 0 spiro atoms. The van der Waals surface area contributed by atoms with Crippen molar-refractivity contribution in [3.63, 3.8) is 0 Å². The molecule has 0 bridgehead atoms. The monoisotopic (exact) mass is 234 g/mol. The van der Waals surface area contributed by atoms with E-state index in [0.29, 0.717) is 17.9 Å². The third-order valence-electron chi connectivity index (χ3n) is 2.64. The van der Waals surface area contributed by atoms with Gasteiger partial charge in [0.25, 0.3) is 0 Å². The van der Waals surface area contributed by atoms with Gasteiger partial charge in [0.15, 0.2) is 11.5 Å². The lowest BCUT2D eigenvalue weighted by Gasteiger charge is -2.15. The van der Waals surface area contributed by atoms with Crippen molar-refractivity contribution >= 4 is 0 Å². The van der Waals surface area contributed by atoms with E-state index < -0.39 is 5.54 Å². The van der Waals surface area contributed by atoms with Crippen LogP contribution < -0.4 is 15.2 Å². The number of hydrogen-bond acceptors (Lipinski definition) is 4. The average molecular weight is 234 g/mol. The van der Waals surface area contributed by atoms with E-state index >= 15 is 0 Å². The van der Waals surface area contributed by atoms with Crippen LogP contribution in [-0.2, 0) is 6.42 Å². The van der Waals surface area contributed by atoms with Crippen LogP contribution in [0.2, 0.25) is 0 Å². The summed E-state index contributed by atoms with van der Waals surface area (Å²) in [6, 6.07) is 7.80. The Morgan fingerprint density at radius 1 is 1.29 bits per heavy atom. The fourth-order valence-corrected chi connectivity index (χ4v) is 1.50. The van der Waals surface area contributed by atoms with Crippen molar-refractivity contribution in [1.82, 2.24) is 0 Å². The van der Waals surface area contributed by atoms with E-state index in [1.165, 1.54) is 0 Å². The van der Waals surface area contributed by atoms with Crippen molar-refractivity contribution < 1.29 is 9.47 Å². The summed E-state index contributed by atoms with van der Waals surface area (Å²) < 4.78 is 10.4. The average Bonchev–Trinajstić information content (AvgIpc) is 2.36. The van der Waals surface area contributed by atoms with Crippen molar-refractivity contribution in [2.75, 3.05) is 14.2 Å². The Morgan fingerprint density at radius 2 is 1.94 bits per heavy atom. The first-order valence-corrected chi connectivity index (χ1v) is 5.43. The van der Waals surface area contributed by atoms with Gasteiger partial charge < -0.3 is 15.2 Å². The number of nitrogens with two attached hydrogens (primary N) is 1. The van der Waals surface area contributed by atoms with Gasteiger partial charge >= 0.3 is 0 Å². The molecule has 0 aliphatic carbocycles. The van der Waals surface area contributed by atoms with E-state index in [0.717, 1.165) is 12.0 Å². The highest BCUT2D eigenvalue weighted by molar-refractivity contribution is 5.43. The molecule has 0 heterocycles. The van der Waals surface area contributed by atoms with Crippen molar-refractivity contribution in [2.24, 2.45) is 5.73 Å². The lowest BCUT2D eigenvalue weighted by atomic mass is 9.96. The van der Waals surface area contributed by atoms with Crippen LogP contribution in [0, 0.1) is 11.3 Å². The van der Waals surface area contributed by atoms with E-state index in [1.807, 2.05) is 18.2 Å². The summed E-state index contributed by atoms with van der Waals surface area (Å²) in [4.78, 5) is 0. The van der Waals surface area contributed by atoms with E-state index in [2.05, 4.69) is 6.07 Å². The molecule has 1 atom stereocenters. The van der Waals surface area contributed by atoms with Gasteiger partial charge in [-0.3, -0.25) is 0 Å². The second kappa shape index (κ2) is 5.55. The normalized spacial score (nSPS) is 13.6. The van der Waals surface area contributed by atoms with Gasteiger partial charge in [-0.05, 0) is 37.5 Å². The van der Waals surface area contributed by atoms with Crippen LogP contribution in [0.25, 0.3) is 0 Å². The number of methoxy groups -OCH3 is 2. The highest BCUT2D eigenvalue weighted by Gasteiger charge is 2.17. The second-order valence-electron chi connectivity index (χ2n) is 4.22. The Labute approximate surface area is 102 Å². The van der Waals surface area contributed by atoms with Crippen LogP contribution in [0.4, 0.5) is 0 Å². The predicted molar refractivity (Wildman–Crippen MR) is 66.1 cm³/mol. The van der Waals surface area contributed by atoms with Crippen molar-refractivity contribution in [1.29, 1.82) is 5.26 Å². The van der Waals surface area contributed by atoms with Gasteiger partial charge in [-0.25, -0.2) is 0 Å². The second-order valence-corrected chi connectivity index (χ2v) is 4.22. The Kier molecular flexibility index (Phi) is 4.36. The quantitative estimate of drug-likeness (QED) is 0.844. The van der Waals surface area contributed by atoms with E-state index in [9.17, 15) is 0 Å². The topological polar surface area (TPSA) is 68.3 Å². The Balaban J connectivity index is 2.77. The zero-order chi connectivity index (χ0) is 12.9. The van der Waals surface area contributed by atoms with Gasteiger partial charge in [0.1, 0.15) is 5.54 Å². The fraction of sp³-hybridized carbons (Fsp3) is 0.462. The van der Waals surface area contributed by atoms with E-state index in [-0.39, 0.29) is 0 Å². The summed E-state index contributed by atoms with van der Waals surface area (Å²) >= 11 is 0. The molecule has 4 heteroatoms. The summed E-state index contributed by atoms with van der Waals surface area (Å²) in [6.45, 7) is 1.73. The predicted octanol–water partition coefficient (Wildman–Crippen LogP) is 1.88. The standard InChI is InChI=1S/C13H18N2O2/c1-13(15,9-14)7-6-10-4-5-11(16-2)12(8-10)17-3/h4-5,8H,6-7,15H2,1-3H3. The number of nitriles is 1. The molecule has 0 aliphatic heterocycles. The molecule has 0 fully saturated rings. The number of aryl methyl sites for hydroxylation is 1. The molecule has 4 nitrogen and oxygen atoms in total. The lowest BCUT2D eigenvalue weighted by molar-refractivity contribution is 0.354. The number of rotatable bonds is 5. The van der Waals surface area contributed by atoms with Crippen molar-refractivity contribution in [3.05, 3.63) is 23.8 Å². The molecule has 0 aliphatic rings.